The van der Waals surface area contributed by atoms with Crippen molar-refractivity contribution < 1.29 is 18.3 Å². The number of hydrogen-bond donors (Lipinski definition) is 2. The second-order valence-corrected chi connectivity index (χ2v) is 10.4. The predicted molar refractivity (Wildman–Crippen MR) is 88.0 cm³/mol. The first-order valence-corrected chi connectivity index (χ1v) is 10.4. The Kier molecular flexibility index (Phi) is 5.86. The van der Waals surface area contributed by atoms with Crippen LogP contribution in [0.2, 0.25) is 0 Å². The zero-order chi connectivity index (χ0) is 15.6. The lowest BCUT2D eigenvalue weighted by molar-refractivity contribution is -0.142. The summed E-state index contributed by atoms with van der Waals surface area (Å²) in [5.74, 6) is -1.60. The number of nitrogens with one attached hydrogen (secondary N) is 1. The summed E-state index contributed by atoms with van der Waals surface area (Å²) in [6, 6.07) is 0.962. The molecule has 5 nitrogen and oxygen atoms in total. The third-order valence-electron chi connectivity index (χ3n) is 3.55. The number of carboxylic acids is 1. The lowest BCUT2D eigenvalue weighted by Crippen LogP contribution is -2.42. The van der Waals surface area contributed by atoms with Gasteiger partial charge in [0.15, 0.2) is 0 Å². The van der Waals surface area contributed by atoms with Gasteiger partial charge in [0, 0.05) is 6.04 Å². The first-order chi connectivity index (χ1) is 9.81. The van der Waals surface area contributed by atoms with E-state index in [1.165, 1.54) is 17.4 Å². The highest BCUT2D eigenvalue weighted by atomic mass is 79.9. The number of sulfonamides is 1. The van der Waals surface area contributed by atoms with Gasteiger partial charge in [-0.15, -0.1) is 11.3 Å². The first kappa shape index (κ1) is 17.4. The maximum absolute atomic E-state index is 12.5. The topological polar surface area (TPSA) is 83.5 Å². The van der Waals surface area contributed by atoms with E-state index in [4.69, 9.17) is 0 Å². The maximum atomic E-state index is 12.5. The van der Waals surface area contributed by atoms with Gasteiger partial charge >= 0.3 is 5.97 Å². The number of hydrogen-bond acceptors (Lipinski definition) is 4. The lowest BCUT2D eigenvalue weighted by Gasteiger charge is -2.22. The molecule has 21 heavy (non-hydrogen) atoms. The minimum Gasteiger partial charge on any atom is -0.481 e. The Hall–Kier alpha value is 0.0400. The fraction of sp³-hybridized carbons (Fsp3) is 0.583. The Balaban J connectivity index is 2.25. The quantitative estimate of drug-likeness (QED) is 0.672. The summed E-state index contributed by atoms with van der Waals surface area (Å²) in [5, 5.41) is 9.31. The fourth-order valence-electron chi connectivity index (χ4n) is 2.52. The van der Waals surface area contributed by atoms with Crippen LogP contribution in [0.3, 0.4) is 0 Å². The van der Waals surface area contributed by atoms with Gasteiger partial charge in [-0.05, 0) is 50.8 Å². The summed E-state index contributed by atoms with van der Waals surface area (Å²) in [5.41, 5.74) is 0. The minimum absolute atomic E-state index is 0.146. The van der Waals surface area contributed by atoms with Crippen molar-refractivity contribution in [2.45, 2.75) is 43.0 Å². The molecule has 0 radical (unpaired) electrons. The summed E-state index contributed by atoms with van der Waals surface area (Å²) < 4.78 is 28.7. The second-order valence-electron chi connectivity index (χ2n) is 5.00. The van der Waals surface area contributed by atoms with E-state index in [-0.39, 0.29) is 4.90 Å². The molecule has 1 aromatic rings. The number of carboxylic acid groups (broad SMARTS) is 1. The van der Waals surface area contributed by atoms with Crippen molar-refractivity contribution >= 4 is 59.2 Å². The van der Waals surface area contributed by atoms with Crippen LogP contribution >= 0.6 is 43.2 Å². The van der Waals surface area contributed by atoms with E-state index in [2.05, 4.69) is 36.6 Å². The van der Waals surface area contributed by atoms with E-state index in [0.29, 0.717) is 20.4 Å². The third-order valence-corrected chi connectivity index (χ3v) is 7.80. The molecule has 9 heteroatoms. The number of carbonyl (C=O) groups is 1. The van der Waals surface area contributed by atoms with Crippen LogP contribution in [0.1, 0.15) is 32.1 Å². The van der Waals surface area contributed by atoms with Crippen LogP contribution in [0.4, 0.5) is 0 Å². The van der Waals surface area contributed by atoms with Crippen LogP contribution in [0.5, 0.6) is 0 Å². The molecule has 1 saturated carbocycles. The average Bonchev–Trinajstić information content (AvgIpc) is 2.60. The van der Waals surface area contributed by atoms with Gasteiger partial charge in [0.05, 0.1) is 13.5 Å². The van der Waals surface area contributed by atoms with Gasteiger partial charge in [-0.2, -0.15) is 0 Å². The SMILES string of the molecule is O=C(O)C1CCCCCC1NS(=O)(=O)c1cc(Br)sc1Br. The second kappa shape index (κ2) is 7.08. The van der Waals surface area contributed by atoms with Gasteiger partial charge in [-0.3, -0.25) is 4.79 Å². The summed E-state index contributed by atoms with van der Waals surface area (Å²) in [6.07, 6.45) is 3.67. The molecule has 1 aromatic heterocycles. The van der Waals surface area contributed by atoms with E-state index in [1.54, 1.807) is 0 Å². The first-order valence-electron chi connectivity index (χ1n) is 6.51. The fourth-order valence-corrected chi connectivity index (χ4v) is 7.64. The van der Waals surface area contributed by atoms with Crippen LogP contribution in [0.25, 0.3) is 0 Å². The van der Waals surface area contributed by atoms with Crippen LogP contribution in [0.15, 0.2) is 18.5 Å². The van der Waals surface area contributed by atoms with Crippen molar-refractivity contribution in [3.63, 3.8) is 0 Å². The van der Waals surface area contributed by atoms with Gasteiger partial charge in [0.25, 0.3) is 0 Å². The molecule has 1 fully saturated rings. The van der Waals surface area contributed by atoms with Gasteiger partial charge in [0.2, 0.25) is 10.0 Å². The van der Waals surface area contributed by atoms with Crippen molar-refractivity contribution in [3.8, 4) is 0 Å². The van der Waals surface area contributed by atoms with E-state index in [9.17, 15) is 18.3 Å². The third kappa shape index (κ3) is 4.28. The number of aliphatic carboxylic acids is 1. The lowest BCUT2D eigenvalue weighted by atomic mass is 9.96. The van der Waals surface area contributed by atoms with Crippen LogP contribution < -0.4 is 4.72 Å². The van der Waals surface area contributed by atoms with Crippen molar-refractivity contribution in [3.05, 3.63) is 13.6 Å². The number of halogens is 2. The minimum atomic E-state index is -3.73. The Morgan fingerprint density at radius 2 is 1.95 bits per heavy atom. The Bertz CT molecular complexity index is 629. The molecular formula is C12H15Br2NO4S2. The predicted octanol–water partition coefficient (Wildman–Crippen LogP) is 3.58. The number of rotatable bonds is 4. The molecule has 1 aliphatic rings. The zero-order valence-corrected chi connectivity index (χ0v) is 15.8. The highest BCUT2D eigenvalue weighted by Gasteiger charge is 2.33. The molecule has 2 atom stereocenters. The molecule has 2 N–H and O–H groups in total. The zero-order valence-electron chi connectivity index (χ0n) is 11.0. The largest absolute Gasteiger partial charge is 0.481 e. The number of thiophene rings is 1. The Morgan fingerprint density at radius 3 is 2.52 bits per heavy atom. The molecule has 0 aromatic carbocycles. The molecule has 1 heterocycles. The van der Waals surface area contributed by atoms with Crippen LogP contribution in [-0.2, 0) is 14.8 Å². The maximum Gasteiger partial charge on any atom is 0.308 e. The van der Waals surface area contributed by atoms with Gasteiger partial charge in [-0.25, -0.2) is 13.1 Å². The monoisotopic (exact) mass is 459 g/mol. The van der Waals surface area contributed by atoms with Crippen molar-refractivity contribution in [1.82, 2.24) is 4.72 Å². The Labute approximate surface area is 144 Å². The van der Waals surface area contributed by atoms with Crippen molar-refractivity contribution in [2.75, 3.05) is 0 Å². The van der Waals surface area contributed by atoms with Gasteiger partial charge in [0.1, 0.15) is 4.90 Å². The summed E-state index contributed by atoms with van der Waals surface area (Å²) in [4.78, 5) is 11.5. The standard InChI is InChI=1S/C12H15Br2NO4S2/c13-10-6-9(11(14)20-10)21(18,19)15-8-5-3-1-2-4-7(8)12(16)17/h6-8,15H,1-5H2,(H,16,17). The average molecular weight is 461 g/mol. The van der Waals surface area contributed by atoms with E-state index in [1.807, 2.05) is 0 Å². The summed E-state index contributed by atoms with van der Waals surface area (Å²) in [6.45, 7) is 0. The smallest absolute Gasteiger partial charge is 0.308 e. The molecule has 0 bridgehead atoms. The van der Waals surface area contributed by atoms with Crippen LogP contribution in [-0.4, -0.2) is 25.5 Å². The van der Waals surface area contributed by atoms with E-state index in [0.717, 1.165) is 19.3 Å². The highest BCUT2D eigenvalue weighted by molar-refractivity contribution is 9.12. The molecule has 2 rings (SSSR count). The Morgan fingerprint density at radius 1 is 1.29 bits per heavy atom. The highest BCUT2D eigenvalue weighted by Crippen LogP contribution is 2.35. The molecule has 0 aliphatic heterocycles. The normalized spacial score (nSPS) is 23.7. The molecule has 0 amide bonds. The van der Waals surface area contributed by atoms with Crippen molar-refractivity contribution in [2.24, 2.45) is 5.92 Å². The molecular weight excluding hydrogens is 446 g/mol. The van der Waals surface area contributed by atoms with E-state index < -0.39 is 28.0 Å². The molecule has 0 spiro atoms. The van der Waals surface area contributed by atoms with Crippen molar-refractivity contribution in [1.29, 1.82) is 0 Å². The van der Waals surface area contributed by atoms with Gasteiger partial charge in [-0.1, -0.05) is 19.3 Å². The molecule has 118 valence electrons. The molecule has 0 saturated heterocycles. The van der Waals surface area contributed by atoms with Gasteiger partial charge < -0.3 is 5.11 Å². The molecule has 1 aliphatic carbocycles. The summed E-state index contributed by atoms with van der Waals surface area (Å²) >= 11 is 7.75. The van der Waals surface area contributed by atoms with E-state index >= 15 is 0 Å². The molecule has 2 unspecified atom stereocenters. The summed E-state index contributed by atoms with van der Waals surface area (Å²) in [7, 11) is -3.73. The van der Waals surface area contributed by atoms with Crippen LogP contribution in [0, 0.1) is 5.92 Å².